The minimum Gasteiger partial charge on any atom is -1.00 e. The van der Waals surface area contributed by atoms with E-state index >= 15 is 0 Å². The second kappa shape index (κ2) is 6.91. The average Bonchev–Trinajstić information content (AvgIpc) is 1.98. The quantitative estimate of drug-likeness (QED) is 0.358. The zero-order valence-corrected chi connectivity index (χ0v) is 9.87. The van der Waals surface area contributed by atoms with Crippen LogP contribution in [0.15, 0.2) is 0 Å². The Morgan fingerprint density at radius 2 is 1.29 bits per heavy atom. The van der Waals surface area contributed by atoms with Crippen LogP contribution in [0.1, 0.15) is 15.7 Å². The summed E-state index contributed by atoms with van der Waals surface area (Å²) in [6.07, 6.45) is -4.62. The summed E-state index contributed by atoms with van der Waals surface area (Å²) in [5.41, 5.74) is -2.82. The minimum atomic E-state index is -2.82. The fourth-order valence-corrected chi connectivity index (χ4v) is 0.985. The Morgan fingerprint density at radius 1 is 0.941 bits per heavy atom. The standard InChI is InChI=1S/C7H8O9.Mg.2H/c8-3(9)1-7(5(12)13,2-4(10)11)16-6(14)15;;;/h1-2H2,(H,8,9)(H,10,11)(H,12,13)(H,14,15);;;/q;+2;2*-1. The van der Waals surface area contributed by atoms with E-state index in [-0.39, 0.29) is 25.9 Å². The van der Waals surface area contributed by atoms with Gasteiger partial charge in [-0.2, -0.15) is 0 Å². The molecule has 0 aromatic carbocycles. The summed E-state index contributed by atoms with van der Waals surface area (Å²) in [6.45, 7) is 0. The van der Waals surface area contributed by atoms with Gasteiger partial charge in [0.2, 0.25) is 5.60 Å². The first-order valence-corrected chi connectivity index (χ1v) is 3.78. The van der Waals surface area contributed by atoms with Gasteiger partial charge in [-0.15, -0.1) is 0 Å². The van der Waals surface area contributed by atoms with Crippen molar-refractivity contribution in [3.63, 3.8) is 0 Å². The average molecular weight is 262 g/mol. The molecule has 0 spiro atoms. The molecule has 0 aromatic rings. The molecule has 0 amide bonds. The Hall–Kier alpha value is -1.55. The summed E-state index contributed by atoms with van der Waals surface area (Å²) in [7, 11) is 0. The van der Waals surface area contributed by atoms with Gasteiger partial charge in [-0.1, -0.05) is 0 Å². The van der Waals surface area contributed by atoms with Gasteiger partial charge >= 0.3 is 47.1 Å². The number of hydrogen-bond donors (Lipinski definition) is 4. The molecule has 0 radical (unpaired) electrons. The van der Waals surface area contributed by atoms with Gasteiger partial charge in [0.15, 0.2) is 0 Å². The number of carbonyl (C=O) groups is 4. The predicted octanol–water partition coefficient (Wildman–Crippen LogP) is -0.702. The van der Waals surface area contributed by atoms with Crippen molar-refractivity contribution in [3.8, 4) is 0 Å². The third-order valence-electron chi connectivity index (χ3n) is 1.55. The molecule has 17 heavy (non-hydrogen) atoms. The van der Waals surface area contributed by atoms with Crippen LogP contribution in [0.2, 0.25) is 0 Å². The SMILES string of the molecule is O=C(O)CC(CC(=O)O)(OC(=O)O)C(=O)O.[H-].[H-].[Mg+2]. The molecule has 10 heteroatoms. The molecule has 9 nitrogen and oxygen atoms in total. The maximum absolute atomic E-state index is 10.7. The molecule has 0 atom stereocenters. The molecule has 0 unspecified atom stereocenters. The molecule has 0 aliphatic heterocycles. The topological polar surface area (TPSA) is 158 Å². The van der Waals surface area contributed by atoms with Gasteiger partial charge in [-0.25, -0.2) is 9.59 Å². The van der Waals surface area contributed by atoms with E-state index in [0.29, 0.717) is 0 Å². The number of rotatable bonds is 6. The van der Waals surface area contributed by atoms with E-state index in [2.05, 4.69) is 4.74 Å². The van der Waals surface area contributed by atoms with E-state index in [1.807, 2.05) is 0 Å². The number of carboxylic acid groups (broad SMARTS) is 4. The number of ether oxygens (including phenoxy) is 1. The summed E-state index contributed by atoms with van der Waals surface area (Å²) in [5, 5.41) is 33.7. The van der Waals surface area contributed by atoms with Crippen LogP contribution < -0.4 is 0 Å². The number of aliphatic carboxylic acids is 3. The van der Waals surface area contributed by atoms with E-state index in [4.69, 9.17) is 20.4 Å². The van der Waals surface area contributed by atoms with Crippen molar-refractivity contribution in [2.45, 2.75) is 18.4 Å². The van der Waals surface area contributed by atoms with Gasteiger partial charge in [0.05, 0.1) is 12.8 Å². The van der Waals surface area contributed by atoms with Crippen LogP contribution in [0.25, 0.3) is 0 Å². The van der Waals surface area contributed by atoms with Crippen molar-refractivity contribution in [1.29, 1.82) is 0 Å². The second-order valence-corrected chi connectivity index (χ2v) is 2.81. The summed E-state index contributed by atoms with van der Waals surface area (Å²) in [6, 6.07) is 0. The minimum absolute atomic E-state index is 0. The Balaban J connectivity index is -0.000000375. The summed E-state index contributed by atoms with van der Waals surface area (Å²) >= 11 is 0. The maximum Gasteiger partial charge on any atom is 2.00 e. The van der Waals surface area contributed by atoms with Gasteiger partial charge in [-0.3, -0.25) is 9.59 Å². The van der Waals surface area contributed by atoms with Gasteiger partial charge in [-0.05, 0) is 0 Å². The molecular formula is C7H10MgO9. The van der Waals surface area contributed by atoms with Crippen molar-refractivity contribution >= 4 is 47.1 Å². The van der Waals surface area contributed by atoms with Crippen molar-refractivity contribution < 1.29 is 47.2 Å². The number of carboxylic acids is 3. The van der Waals surface area contributed by atoms with E-state index in [0.717, 1.165) is 0 Å². The van der Waals surface area contributed by atoms with Crippen LogP contribution in [0.5, 0.6) is 0 Å². The van der Waals surface area contributed by atoms with Crippen LogP contribution in [-0.2, 0) is 19.1 Å². The molecule has 4 N–H and O–H groups in total. The van der Waals surface area contributed by atoms with Crippen LogP contribution in [0, 0.1) is 0 Å². The fraction of sp³-hybridized carbons (Fsp3) is 0.429. The molecule has 0 saturated carbocycles. The normalized spacial score (nSPS) is 9.88. The second-order valence-electron chi connectivity index (χ2n) is 2.81. The van der Waals surface area contributed by atoms with Gasteiger partial charge in [0.1, 0.15) is 0 Å². The maximum atomic E-state index is 10.7. The van der Waals surface area contributed by atoms with Gasteiger partial charge < -0.3 is 28.0 Å². The monoisotopic (exact) mass is 262 g/mol. The first-order valence-electron chi connectivity index (χ1n) is 3.78. The van der Waals surface area contributed by atoms with Gasteiger partial charge in [0.25, 0.3) is 0 Å². The summed E-state index contributed by atoms with van der Waals surface area (Å²) in [5.74, 6) is -5.35. The molecule has 94 valence electrons. The largest absolute Gasteiger partial charge is 2.00 e. The molecule has 0 bridgehead atoms. The van der Waals surface area contributed by atoms with Crippen LogP contribution in [-0.4, -0.2) is 73.1 Å². The van der Waals surface area contributed by atoms with Crippen LogP contribution in [0.4, 0.5) is 4.79 Å². The third-order valence-corrected chi connectivity index (χ3v) is 1.55. The van der Waals surface area contributed by atoms with E-state index in [9.17, 15) is 19.2 Å². The predicted molar refractivity (Wildman–Crippen MR) is 52.0 cm³/mol. The van der Waals surface area contributed by atoms with E-state index in [1.54, 1.807) is 0 Å². The fourth-order valence-electron chi connectivity index (χ4n) is 0.985. The summed E-state index contributed by atoms with van der Waals surface area (Å²) in [4.78, 5) is 41.6. The van der Waals surface area contributed by atoms with Crippen molar-refractivity contribution in [3.05, 3.63) is 0 Å². The zero-order chi connectivity index (χ0) is 12.9. The first kappa shape index (κ1) is 17.8. The molecule has 0 saturated heterocycles. The van der Waals surface area contributed by atoms with E-state index < -0.39 is 42.5 Å². The molecular weight excluding hydrogens is 252 g/mol. The molecule has 0 aliphatic rings. The third kappa shape index (κ3) is 5.92. The van der Waals surface area contributed by atoms with E-state index in [1.165, 1.54) is 0 Å². The Bertz CT molecular complexity index is 305. The van der Waals surface area contributed by atoms with Crippen molar-refractivity contribution in [2.75, 3.05) is 0 Å². The summed E-state index contributed by atoms with van der Waals surface area (Å²) < 4.78 is 3.88. The van der Waals surface area contributed by atoms with Crippen LogP contribution in [0.3, 0.4) is 0 Å². The smallest absolute Gasteiger partial charge is 1.00 e. The molecule has 0 fully saturated rings. The van der Waals surface area contributed by atoms with Crippen LogP contribution >= 0.6 is 0 Å². The zero-order valence-electron chi connectivity index (χ0n) is 10.5. The number of hydrogen-bond acceptors (Lipinski definition) is 5. The Kier molecular flexibility index (Phi) is 7.24. The Morgan fingerprint density at radius 3 is 1.47 bits per heavy atom. The van der Waals surface area contributed by atoms with Gasteiger partial charge in [0, 0.05) is 0 Å². The first-order chi connectivity index (χ1) is 7.19. The Labute approximate surface area is 113 Å². The molecule has 0 rings (SSSR count). The molecule has 0 heterocycles. The molecule has 0 aliphatic carbocycles. The van der Waals surface area contributed by atoms with Crippen molar-refractivity contribution in [1.82, 2.24) is 0 Å². The molecule has 0 aromatic heterocycles. The van der Waals surface area contributed by atoms with Crippen molar-refractivity contribution in [2.24, 2.45) is 0 Å².